The van der Waals surface area contributed by atoms with E-state index in [0.717, 1.165) is 0 Å². The zero-order valence-electron chi connectivity index (χ0n) is 12.3. The fourth-order valence-electron chi connectivity index (χ4n) is 2.14. The van der Waals surface area contributed by atoms with E-state index >= 15 is 0 Å². The molecule has 0 aliphatic heterocycles. The van der Waals surface area contributed by atoms with Crippen molar-refractivity contribution in [3.05, 3.63) is 40.7 Å². The largest absolute Gasteiger partial charge is 0.481 e. The maximum absolute atomic E-state index is 13.5. The Kier molecular flexibility index (Phi) is 5.30. The lowest BCUT2D eigenvalue weighted by atomic mass is 9.98. The molecule has 1 aromatic heterocycles. The van der Waals surface area contributed by atoms with Crippen LogP contribution in [0.2, 0.25) is 0 Å². The summed E-state index contributed by atoms with van der Waals surface area (Å²) in [5.41, 5.74) is 0.947. The average Bonchev–Trinajstić information content (AvgIpc) is 2.90. The zero-order chi connectivity index (χ0) is 17.0. The molecule has 1 N–H and O–H groups in total. The highest BCUT2D eigenvalue weighted by Gasteiger charge is 2.22. The molecule has 0 saturated carbocycles. The Morgan fingerprint density at radius 2 is 2.04 bits per heavy atom. The van der Waals surface area contributed by atoms with Crippen LogP contribution in [0.25, 0.3) is 0 Å². The van der Waals surface area contributed by atoms with Crippen LogP contribution in [0.1, 0.15) is 35.1 Å². The smallest absolute Gasteiger partial charge is 0.303 e. The molecule has 2 aromatic rings. The second-order valence-electron chi connectivity index (χ2n) is 5.03. The Labute approximate surface area is 129 Å². The van der Waals surface area contributed by atoms with Crippen LogP contribution >= 0.6 is 0 Å². The van der Waals surface area contributed by atoms with Crippen molar-refractivity contribution in [3.8, 4) is 0 Å². The highest BCUT2D eigenvalue weighted by Crippen LogP contribution is 2.27. The van der Waals surface area contributed by atoms with E-state index in [0.29, 0.717) is 17.0 Å². The summed E-state index contributed by atoms with van der Waals surface area (Å²) < 4.78 is 38.6. The number of nitrogens with zero attached hydrogens (tertiary/aromatic N) is 4. The van der Waals surface area contributed by atoms with Crippen LogP contribution in [0.15, 0.2) is 18.2 Å². The van der Waals surface area contributed by atoms with Crippen molar-refractivity contribution in [2.24, 2.45) is 0 Å². The van der Waals surface area contributed by atoms with Crippen LogP contribution in [0.3, 0.4) is 0 Å². The van der Waals surface area contributed by atoms with Gasteiger partial charge in [-0.15, -0.1) is 10.2 Å². The van der Waals surface area contributed by atoms with Gasteiger partial charge in [-0.1, -0.05) is 18.2 Å². The number of aryl methyl sites for hydroxylation is 2. The normalized spacial score (nSPS) is 12.6. The lowest BCUT2D eigenvalue weighted by Crippen LogP contribution is -2.10. The highest BCUT2D eigenvalue weighted by molar-refractivity contribution is 5.67. The SMILES string of the molecule is Cc1nnn(Cc2cc(C(F)C(F)F)ccc2CCC(=O)O)n1. The Morgan fingerprint density at radius 3 is 2.61 bits per heavy atom. The number of carbonyl (C=O) groups is 1. The van der Waals surface area contributed by atoms with E-state index in [1.54, 1.807) is 6.92 Å². The van der Waals surface area contributed by atoms with Gasteiger partial charge < -0.3 is 5.11 Å². The van der Waals surface area contributed by atoms with Gasteiger partial charge in [0.1, 0.15) is 0 Å². The quantitative estimate of drug-likeness (QED) is 0.843. The van der Waals surface area contributed by atoms with Gasteiger partial charge in [-0.25, -0.2) is 13.2 Å². The second-order valence-corrected chi connectivity index (χ2v) is 5.03. The zero-order valence-corrected chi connectivity index (χ0v) is 12.3. The first kappa shape index (κ1) is 16.9. The number of carboxylic acids is 1. The molecule has 0 amide bonds. The number of hydrogen-bond donors (Lipinski definition) is 1. The third-order valence-electron chi connectivity index (χ3n) is 3.24. The molecule has 0 aliphatic rings. The first-order valence-electron chi connectivity index (χ1n) is 6.87. The summed E-state index contributed by atoms with van der Waals surface area (Å²) >= 11 is 0. The van der Waals surface area contributed by atoms with E-state index in [-0.39, 0.29) is 24.9 Å². The van der Waals surface area contributed by atoms with E-state index < -0.39 is 18.6 Å². The third kappa shape index (κ3) is 4.51. The van der Waals surface area contributed by atoms with E-state index in [2.05, 4.69) is 15.4 Å². The molecule has 1 unspecified atom stereocenters. The van der Waals surface area contributed by atoms with Crippen LogP contribution in [-0.4, -0.2) is 37.7 Å². The number of aliphatic carboxylic acids is 1. The average molecular weight is 328 g/mol. The molecule has 0 radical (unpaired) electrons. The molecule has 6 nitrogen and oxygen atoms in total. The van der Waals surface area contributed by atoms with Gasteiger partial charge in [0.15, 0.2) is 12.0 Å². The number of tetrazole rings is 1. The topological polar surface area (TPSA) is 80.9 Å². The number of aromatic nitrogens is 4. The lowest BCUT2D eigenvalue weighted by Gasteiger charge is -2.13. The lowest BCUT2D eigenvalue weighted by molar-refractivity contribution is -0.136. The Bertz CT molecular complexity index is 690. The molecule has 0 saturated heterocycles. The van der Waals surface area contributed by atoms with Crippen molar-refractivity contribution in [2.45, 2.75) is 38.9 Å². The predicted octanol–water partition coefficient (Wildman–Crippen LogP) is 2.32. The molecule has 0 spiro atoms. The number of benzene rings is 1. The van der Waals surface area contributed by atoms with Gasteiger partial charge in [0.2, 0.25) is 0 Å². The van der Waals surface area contributed by atoms with Crippen molar-refractivity contribution >= 4 is 5.97 Å². The minimum absolute atomic E-state index is 0.0968. The van der Waals surface area contributed by atoms with Gasteiger partial charge in [-0.2, -0.15) is 4.80 Å². The van der Waals surface area contributed by atoms with Crippen LogP contribution < -0.4 is 0 Å². The van der Waals surface area contributed by atoms with Crippen molar-refractivity contribution in [1.29, 1.82) is 0 Å². The number of rotatable bonds is 7. The molecule has 1 atom stereocenters. The molecular formula is C14H15F3N4O2. The van der Waals surface area contributed by atoms with Crippen molar-refractivity contribution < 1.29 is 23.1 Å². The second kappa shape index (κ2) is 7.21. The van der Waals surface area contributed by atoms with Crippen LogP contribution in [0, 0.1) is 6.92 Å². The number of carboxylic acid groups (broad SMARTS) is 1. The molecule has 2 rings (SSSR count). The predicted molar refractivity (Wildman–Crippen MR) is 73.9 cm³/mol. The summed E-state index contributed by atoms with van der Waals surface area (Å²) in [6.07, 6.45) is -5.44. The van der Waals surface area contributed by atoms with Gasteiger partial charge in [0, 0.05) is 6.42 Å². The number of alkyl halides is 3. The molecule has 1 aromatic carbocycles. The number of hydrogen-bond acceptors (Lipinski definition) is 4. The van der Waals surface area contributed by atoms with Crippen molar-refractivity contribution in [3.63, 3.8) is 0 Å². The summed E-state index contributed by atoms with van der Waals surface area (Å²) in [7, 11) is 0. The van der Waals surface area contributed by atoms with Gasteiger partial charge >= 0.3 is 5.97 Å². The third-order valence-corrected chi connectivity index (χ3v) is 3.24. The fraction of sp³-hybridized carbons (Fsp3) is 0.429. The monoisotopic (exact) mass is 328 g/mol. The standard InChI is InChI=1S/C14H15F3N4O2/c1-8-18-20-21(19-8)7-11-6-10(13(15)14(16)17)3-2-9(11)4-5-12(22)23/h2-3,6,13-14H,4-5,7H2,1H3,(H,22,23). The molecule has 23 heavy (non-hydrogen) atoms. The van der Waals surface area contributed by atoms with E-state index in [1.807, 2.05) is 0 Å². The minimum Gasteiger partial charge on any atom is -0.481 e. The van der Waals surface area contributed by atoms with Crippen molar-refractivity contribution in [2.75, 3.05) is 0 Å². The van der Waals surface area contributed by atoms with E-state index in [9.17, 15) is 18.0 Å². The summed E-state index contributed by atoms with van der Waals surface area (Å²) in [6.45, 7) is 1.74. The molecule has 124 valence electrons. The van der Waals surface area contributed by atoms with Gasteiger partial charge in [-0.05, 0) is 35.2 Å². The van der Waals surface area contributed by atoms with Gasteiger partial charge in [-0.3, -0.25) is 4.79 Å². The van der Waals surface area contributed by atoms with Gasteiger partial charge in [0.05, 0.1) is 6.54 Å². The molecule has 0 fully saturated rings. The minimum atomic E-state index is -3.13. The van der Waals surface area contributed by atoms with Gasteiger partial charge in [0.25, 0.3) is 6.43 Å². The van der Waals surface area contributed by atoms with E-state index in [4.69, 9.17) is 5.11 Å². The highest BCUT2D eigenvalue weighted by atomic mass is 19.3. The Morgan fingerprint density at radius 1 is 1.30 bits per heavy atom. The Hall–Kier alpha value is -2.45. The maximum atomic E-state index is 13.5. The molecule has 0 aliphatic carbocycles. The van der Waals surface area contributed by atoms with Crippen LogP contribution in [0.4, 0.5) is 13.2 Å². The first-order valence-corrected chi connectivity index (χ1v) is 6.87. The maximum Gasteiger partial charge on any atom is 0.303 e. The first-order chi connectivity index (χ1) is 10.9. The number of halogens is 3. The fourth-order valence-corrected chi connectivity index (χ4v) is 2.14. The molecule has 1 heterocycles. The van der Waals surface area contributed by atoms with Crippen LogP contribution in [-0.2, 0) is 17.8 Å². The van der Waals surface area contributed by atoms with Crippen LogP contribution in [0.5, 0.6) is 0 Å². The molecule has 9 heteroatoms. The summed E-state index contributed by atoms with van der Waals surface area (Å²) in [5, 5.41) is 20.2. The summed E-state index contributed by atoms with van der Waals surface area (Å²) in [4.78, 5) is 12.0. The van der Waals surface area contributed by atoms with E-state index in [1.165, 1.54) is 23.0 Å². The van der Waals surface area contributed by atoms with Crippen molar-refractivity contribution in [1.82, 2.24) is 20.2 Å². The molecular weight excluding hydrogens is 313 g/mol. The Balaban J connectivity index is 2.31. The summed E-state index contributed by atoms with van der Waals surface area (Å²) in [5.74, 6) is -0.546. The molecule has 0 bridgehead atoms. The summed E-state index contributed by atoms with van der Waals surface area (Å²) in [6, 6.07) is 4.01.